The molecule has 0 radical (unpaired) electrons. The van der Waals surface area contributed by atoms with Crippen molar-refractivity contribution in [3.63, 3.8) is 0 Å². The zero-order chi connectivity index (χ0) is 14.8. The van der Waals surface area contributed by atoms with Gasteiger partial charge in [0.2, 0.25) is 0 Å². The lowest BCUT2D eigenvalue weighted by molar-refractivity contribution is 0.483. The molecule has 1 heterocycles. The fraction of sp³-hybridized carbons (Fsp3) is 0.231. The molecule has 0 saturated heterocycles. The van der Waals surface area contributed by atoms with Gasteiger partial charge in [-0.1, -0.05) is 46.3 Å². The van der Waals surface area contributed by atoms with Crippen molar-refractivity contribution in [3.8, 4) is 0 Å². The maximum absolute atomic E-state index is 12.5. The van der Waals surface area contributed by atoms with E-state index in [4.69, 9.17) is 0 Å². The molecular weight excluding hydrogens is 426 g/mol. The SMILES string of the molecule is CC(CBr)(NS(=O)(=O)c1ccc(Br)s1)c1ccccc1. The van der Waals surface area contributed by atoms with Gasteiger partial charge in [-0.15, -0.1) is 11.3 Å². The Morgan fingerprint density at radius 1 is 1.20 bits per heavy atom. The number of alkyl halides is 1. The van der Waals surface area contributed by atoms with Crippen LogP contribution in [0.3, 0.4) is 0 Å². The molecule has 1 aromatic heterocycles. The molecule has 0 bridgehead atoms. The number of hydrogen-bond acceptors (Lipinski definition) is 3. The monoisotopic (exact) mass is 437 g/mol. The van der Waals surface area contributed by atoms with Crippen LogP contribution in [-0.2, 0) is 15.6 Å². The Morgan fingerprint density at radius 2 is 1.85 bits per heavy atom. The molecule has 7 heteroatoms. The van der Waals surface area contributed by atoms with Crippen LogP contribution in [0.25, 0.3) is 0 Å². The standard InChI is InChI=1S/C13H13Br2NO2S2/c1-13(9-14,10-5-3-2-4-6-10)16-20(17,18)12-8-7-11(15)19-12/h2-8,16H,9H2,1H3. The summed E-state index contributed by atoms with van der Waals surface area (Å²) < 4.78 is 28.8. The Bertz CT molecular complexity index is 685. The van der Waals surface area contributed by atoms with Crippen LogP contribution in [0.1, 0.15) is 12.5 Å². The van der Waals surface area contributed by atoms with Crippen molar-refractivity contribution in [1.82, 2.24) is 4.72 Å². The molecule has 1 N–H and O–H groups in total. The summed E-state index contributed by atoms with van der Waals surface area (Å²) in [5.41, 5.74) is 0.215. The van der Waals surface area contributed by atoms with Crippen LogP contribution < -0.4 is 4.72 Å². The van der Waals surface area contributed by atoms with Crippen LogP contribution in [0, 0.1) is 0 Å². The van der Waals surface area contributed by atoms with Crippen molar-refractivity contribution < 1.29 is 8.42 Å². The van der Waals surface area contributed by atoms with Gasteiger partial charge in [-0.25, -0.2) is 8.42 Å². The second-order valence-corrected chi connectivity index (χ2v) is 9.43. The van der Waals surface area contributed by atoms with Gasteiger partial charge < -0.3 is 0 Å². The average molecular weight is 439 g/mol. The summed E-state index contributed by atoms with van der Waals surface area (Å²) in [4.78, 5) is 0. The second-order valence-electron chi connectivity index (χ2n) is 4.50. The van der Waals surface area contributed by atoms with Crippen molar-refractivity contribution in [3.05, 3.63) is 51.8 Å². The molecule has 1 atom stereocenters. The van der Waals surface area contributed by atoms with E-state index in [9.17, 15) is 8.42 Å². The first-order chi connectivity index (χ1) is 9.37. The molecule has 3 nitrogen and oxygen atoms in total. The van der Waals surface area contributed by atoms with Gasteiger partial charge in [0.15, 0.2) is 0 Å². The lowest BCUT2D eigenvalue weighted by Gasteiger charge is -2.28. The van der Waals surface area contributed by atoms with Crippen molar-refractivity contribution >= 4 is 53.2 Å². The molecule has 0 aliphatic heterocycles. The van der Waals surface area contributed by atoms with Crippen molar-refractivity contribution in [2.75, 3.05) is 5.33 Å². The summed E-state index contributed by atoms with van der Waals surface area (Å²) in [6.07, 6.45) is 0. The quantitative estimate of drug-likeness (QED) is 0.714. The molecule has 2 rings (SSSR count). The van der Waals surface area contributed by atoms with E-state index in [1.807, 2.05) is 37.3 Å². The molecule has 1 aromatic carbocycles. The third-order valence-corrected chi connectivity index (χ3v) is 7.68. The summed E-state index contributed by atoms with van der Waals surface area (Å²) in [7, 11) is -3.55. The number of rotatable bonds is 5. The fourth-order valence-corrected chi connectivity index (χ4v) is 5.81. The molecule has 0 spiro atoms. The number of halogens is 2. The average Bonchev–Trinajstić information content (AvgIpc) is 2.87. The van der Waals surface area contributed by atoms with Gasteiger partial charge in [0.1, 0.15) is 4.21 Å². The minimum absolute atomic E-state index is 0.299. The predicted molar refractivity (Wildman–Crippen MR) is 89.9 cm³/mol. The van der Waals surface area contributed by atoms with Crippen LogP contribution >= 0.6 is 43.2 Å². The maximum atomic E-state index is 12.5. The largest absolute Gasteiger partial charge is 0.250 e. The molecular formula is C13H13Br2NO2S2. The van der Waals surface area contributed by atoms with Gasteiger partial charge in [0, 0.05) is 5.33 Å². The Hall–Kier alpha value is -0.210. The topological polar surface area (TPSA) is 46.2 Å². The van der Waals surface area contributed by atoms with Crippen LogP contribution in [0.15, 0.2) is 50.5 Å². The van der Waals surface area contributed by atoms with Crippen LogP contribution in [0.2, 0.25) is 0 Å². The van der Waals surface area contributed by atoms with E-state index in [0.29, 0.717) is 9.54 Å². The summed E-state index contributed by atoms with van der Waals surface area (Å²) in [6, 6.07) is 12.8. The molecule has 0 fully saturated rings. The van der Waals surface area contributed by atoms with E-state index in [1.165, 1.54) is 11.3 Å². The highest BCUT2D eigenvalue weighted by molar-refractivity contribution is 9.11. The van der Waals surface area contributed by atoms with Crippen molar-refractivity contribution in [1.29, 1.82) is 0 Å². The first-order valence-corrected chi connectivity index (χ1v) is 10.00. The highest BCUT2D eigenvalue weighted by atomic mass is 79.9. The minimum Gasteiger partial charge on any atom is -0.206 e. The number of nitrogens with one attached hydrogen (secondary N) is 1. The summed E-state index contributed by atoms with van der Waals surface area (Å²) in [5.74, 6) is 0. The molecule has 108 valence electrons. The number of hydrogen-bond donors (Lipinski definition) is 1. The predicted octanol–water partition coefficient (Wildman–Crippen LogP) is 4.10. The normalized spacial score (nSPS) is 14.9. The lowest BCUT2D eigenvalue weighted by Crippen LogP contribution is -2.44. The zero-order valence-electron chi connectivity index (χ0n) is 10.6. The smallest absolute Gasteiger partial charge is 0.206 e. The van der Waals surface area contributed by atoms with Gasteiger partial charge in [-0.2, -0.15) is 4.72 Å². The van der Waals surface area contributed by atoms with Gasteiger partial charge in [-0.3, -0.25) is 0 Å². The van der Waals surface area contributed by atoms with E-state index in [1.54, 1.807) is 12.1 Å². The first kappa shape index (κ1) is 16.2. The second kappa shape index (κ2) is 6.27. The third-order valence-electron chi connectivity index (χ3n) is 2.85. The van der Waals surface area contributed by atoms with Gasteiger partial charge in [0.25, 0.3) is 10.0 Å². The van der Waals surface area contributed by atoms with Gasteiger partial charge in [-0.05, 0) is 40.5 Å². The minimum atomic E-state index is -3.55. The Morgan fingerprint density at radius 3 is 2.35 bits per heavy atom. The zero-order valence-corrected chi connectivity index (χ0v) is 15.4. The molecule has 20 heavy (non-hydrogen) atoms. The molecule has 0 aliphatic rings. The fourth-order valence-electron chi connectivity index (χ4n) is 1.76. The van der Waals surface area contributed by atoms with Crippen molar-refractivity contribution in [2.24, 2.45) is 0 Å². The van der Waals surface area contributed by atoms with E-state index in [2.05, 4.69) is 36.6 Å². The van der Waals surface area contributed by atoms with E-state index < -0.39 is 15.6 Å². The summed E-state index contributed by atoms with van der Waals surface area (Å²) in [6.45, 7) is 1.86. The lowest BCUT2D eigenvalue weighted by atomic mass is 9.96. The molecule has 1 unspecified atom stereocenters. The van der Waals surface area contributed by atoms with Gasteiger partial charge >= 0.3 is 0 Å². The van der Waals surface area contributed by atoms with E-state index >= 15 is 0 Å². The number of benzene rings is 1. The summed E-state index contributed by atoms with van der Waals surface area (Å²) in [5, 5.41) is 0.482. The summed E-state index contributed by atoms with van der Waals surface area (Å²) >= 11 is 7.88. The van der Waals surface area contributed by atoms with Crippen LogP contribution in [0.4, 0.5) is 0 Å². The molecule has 0 saturated carbocycles. The van der Waals surface area contributed by atoms with E-state index in [-0.39, 0.29) is 0 Å². The third kappa shape index (κ3) is 3.51. The van der Waals surface area contributed by atoms with E-state index in [0.717, 1.165) is 9.35 Å². The first-order valence-electron chi connectivity index (χ1n) is 5.78. The molecule has 2 aromatic rings. The highest BCUT2D eigenvalue weighted by Crippen LogP contribution is 2.30. The van der Waals surface area contributed by atoms with Crippen molar-refractivity contribution in [2.45, 2.75) is 16.7 Å². The van der Waals surface area contributed by atoms with Crippen LogP contribution in [-0.4, -0.2) is 13.7 Å². The Kier molecular flexibility index (Phi) is 5.07. The molecule has 0 amide bonds. The highest BCUT2D eigenvalue weighted by Gasteiger charge is 2.32. The number of thiophene rings is 1. The molecule has 0 aliphatic carbocycles. The maximum Gasteiger partial charge on any atom is 0.250 e. The Balaban J connectivity index is 2.35. The number of sulfonamides is 1. The Labute approximate surface area is 139 Å². The van der Waals surface area contributed by atoms with Gasteiger partial charge in [0.05, 0.1) is 9.33 Å². The van der Waals surface area contributed by atoms with Crippen LogP contribution in [0.5, 0.6) is 0 Å².